The fraction of sp³-hybridized carbons (Fsp3) is 0.708. The molecule has 0 aromatic carbocycles. The molecular formula is C48H81N11O19. The van der Waals surface area contributed by atoms with E-state index in [1.165, 1.54) is 26.2 Å². The Bertz CT molecular complexity index is 2060. The van der Waals surface area contributed by atoms with Crippen LogP contribution in [0.5, 0.6) is 0 Å². The normalized spacial score (nSPS) is 16.1. The number of carboxylic acids is 1. The van der Waals surface area contributed by atoms with E-state index in [-0.39, 0.29) is 32.4 Å². The number of amides is 11. The second-order valence-electron chi connectivity index (χ2n) is 18.6. The number of aliphatic carboxylic acids is 1. The van der Waals surface area contributed by atoms with Crippen LogP contribution in [0.2, 0.25) is 0 Å². The number of piperidine rings is 1. The quantitative estimate of drug-likeness (QED) is 0.0120. The zero-order valence-corrected chi connectivity index (χ0v) is 44.5. The molecule has 1 aliphatic rings. The van der Waals surface area contributed by atoms with E-state index in [0.717, 1.165) is 51.5 Å². The smallest absolute Gasteiger partial charge is 0.335 e. The van der Waals surface area contributed by atoms with Crippen molar-refractivity contribution in [3.05, 3.63) is 11.8 Å². The van der Waals surface area contributed by atoms with Crippen LogP contribution < -0.4 is 48.3 Å². The molecule has 442 valence electrons. The third kappa shape index (κ3) is 26.0. The van der Waals surface area contributed by atoms with E-state index in [1.54, 1.807) is 0 Å². The van der Waals surface area contributed by atoms with Gasteiger partial charge in [0.05, 0.1) is 19.8 Å². The Morgan fingerprint density at radius 2 is 1.15 bits per heavy atom. The van der Waals surface area contributed by atoms with Crippen molar-refractivity contribution >= 4 is 70.9 Å². The molecule has 1 saturated heterocycles. The number of nitrogens with two attached hydrogens (primary N) is 1. The van der Waals surface area contributed by atoms with Crippen molar-refractivity contribution in [3.8, 4) is 0 Å². The van der Waals surface area contributed by atoms with E-state index in [0.29, 0.717) is 29.4 Å². The first-order chi connectivity index (χ1) is 37.0. The number of hydrogen-bond donors (Lipinski definition) is 16. The Kier molecular flexibility index (Phi) is 33.5. The first kappa shape index (κ1) is 69.2. The number of hydrogen-bond acceptors (Lipinski definition) is 18. The van der Waals surface area contributed by atoms with Gasteiger partial charge in [0.1, 0.15) is 48.0 Å². The average Bonchev–Trinajstić information content (AvgIpc) is 3.40. The molecule has 0 saturated carbocycles. The Morgan fingerprint density at radius 3 is 1.65 bits per heavy atom. The average molecular weight is 1120 g/mol. The highest BCUT2D eigenvalue weighted by Gasteiger charge is 2.38. The fourth-order valence-corrected chi connectivity index (χ4v) is 7.69. The van der Waals surface area contributed by atoms with Crippen LogP contribution in [0, 0.1) is 0 Å². The molecule has 1 rings (SSSR count). The van der Waals surface area contributed by atoms with Crippen molar-refractivity contribution in [2.45, 2.75) is 185 Å². The standard InChI is InChI=1S/C48H81N11O19/c1-4-6-7-8-9-10-11-12-13-14-15-20-37(65)57-38(39(66)48(75)76)46(73)56-35(27-62)44(71)52-31(21-22-36(49)64)42(69)55-33(25-60)43(70)51-30(18-16-23-58(77)28(3)63)41(68)50-29(5-2)40(67)54-34(26-61)45(72)53-32-19-17-24-59(78)47(32)74/h5,30-35,38-39,60-62,66,77-78H,4,6-27H2,1-3H3,(H2,49,64)(H,50,68)(H,51,70)(H,52,71)(H,53,72)(H,54,67)(H,55,69)(H,56,73)(H,57,65)(H,75,76)/b29-5-/t30-,31-,32+,33+,34+,35-,38+,39+/m0/s1. The van der Waals surface area contributed by atoms with Gasteiger partial charge in [0.2, 0.25) is 53.2 Å². The highest BCUT2D eigenvalue weighted by atomic mass is 16.5. The number of nitrogens with one attached hydrogen (secondary N) is 8. The Balaban J connectivity index is 3.18. The summed E-state index contributed by atoms with van der Waals surface area (Å²) in [5.74, 6) is -14.0. The van der Waals surface area contributed by atoms with E-state index < -0.39 is 164 Å². The zero-order chi connectivity index (χ0) is 58.9. The minimum absolute atomic E-state index is 0.0233. The summed E-state index contributed by atoms with van der Waals surface area (Å²) in [4.78, 5) is 154. The second kappa shape index (κ2) is 37.8. The molecule has 1 fully saturated rings. The van der Waals surface area contributed by atoms with Gasteiger partial charge in [0.25, 0.3) is 11.8 Å². The van der Waals surface area contributed by atoms with Crippen LogP contribution in [0.1, 0.15) is 136 Å². The summed E-state index contributed by atoms with van der Waals surface area (Å²) in [6.45, 7) is 0.699. The largest absolute Gasteiger partial charge is 0.479 e. The SMILES string of the molecule is C/C=C(\NC(=O)[C@H](CCCN(O)C(C)=O)NC(=O)[C@@H](CO)NC(=O)[C@H](CCC(N)=O)NC(=O)[C@H](CO)NC(=O)[C@H](NC(=O)CCCCCCCCCCCCC)[C@@H](O)C(=O)O)C(=O)N[C@H](CO)C(=O)N[C@@H]1CCCN(O)C1=O. The molecule has 78 heavy (non-hydrogen) atoms. The van der Waals surface area contributed by atoms with Crippen molar-refractivity contribution < 1.29 is 93.5 Å². The molecule has 0 spiro atoms. The van der Waals surface area contributed by atoms with E-state index in [2.05, 4.69) is 44.1 Å². The molecule has 0 bridgehead atoms. The van der Waals surface area contributed by atoms with Crippen molar-refractivity contribution in [2.75, 3.05) is 32.9 Å². The lowest BCUT2D eigenvalue weighted by Gasteiger charge is -2.29. The van der Waals surface area contributed by atoms with Crippen LogP contribution in [-0.4, -0.2) is 198 Å². The lowest BCUT2D eigenvalue weighted by molar-refractivity contribution is -0.173. The minimum Gasteiger partial charge on any atom is -0.479 e. The third-order valence-electron chi connectivity index (χ3n) is 12.3. The van der Waals surface area contributed by atoms with Gasteiger partial charge in [0, 0.05) is 32.9 Å². The molecule has 11 amide bonds. The predicted molar refractivity (Wildman–Crippen MR) is 271 cm³/mol. The van der Waals surface area contributed by atoms with Gasteiger partial charge in [-0.3, -0.25) is 63.2 Å². The maximum Gasteiger partial charge on any atom is 0.335 e. The van der Waals surface area contributed by atoms with Crippen molar-refractivity contribution in [2.24, 2.45) is 5.73 Å². The van der Waals surface area contributed by atoms with Gasteiger partial charge >= 0.3 is 5.97 Å². The third-order valence-corrected chi connectivity index (χ3v) is 12.3. The number of carbonyl (C=O) groups is 12. The topological polar surface area (TPSA) is 475 Å². The van der Waals surface area contributed by atoms with Crippen LogP contribution in [0.3, 0.4) is 0 Å². The summed E-state index contributed by atoms with van der Waals surface area (Å²) in [6, 6.07) is -12.5. The minimum atomic E-state index is -2.52. The number of unbranched alkanes of at least 4 members (excludes halogenated alkanes) is 10. The fourth-order valence-electron chi connectivity index (χ4n) is 7.69. The Morgan fingerprint density at radius 1 is 0.667 bits per heavy atom. The molecule has 8 atom stereocenters. The number of allylic oxidation sites excluding steroid dienone is 1. The highest BCUT2D eigenvalue weighted by molar-refractivity contribution is 6.02. The lowest BCUT2D eigenvalue weighted by atomic mass is 10.0. The number of aliphatic hydroxyl groups is 4. The van der Waals surface area contributed by atoms with Crippen LogP contribution in [0.4, 0.5) is 0 Å². The summed E-state index contributed by atoms with van der Waals surface area (Å²) in [5.41, 5.74) is 4.73. The van der Waals surface area contributed by atoms with Gasteiger partial charge in [-0.15, -0.1) is 0 Å². The zero-order valence-electron chi connectivity index (χ0n) is 44.5. The maximum absolute atomic E-state index is 13.7. The number of nitrogens with zero attached hydrogens (tertiary/aromatic N) is 2. The molecule has 1 heterocycles. The van der Waals surface area contributed by atoms with Crippen LogP contribution >= 0.6 is 0 Å². The lowest BCUT2D eigenvalue weighted by Crippen LogP contribution is -2.62. The number of rotatable bonds is 39. The summed E-state index contributed by atoms with van der Waals surface area (Å²) in [7, 11) is 0. The Hall–Kier alpha value is -6.86. The van der Waals surface area contributed by atoms with E-state index in [1.807, 2.05) is 5.32 Å². The molecule has 0 aliphatic carbocycles. The first-order valence-corrected chi connectivity index (χ1v) is 26.0. The van der Waals surface area contributed by atoms with Gasteiger partial charge in [-0.25, -0.2) is 14.9 Å². The highest BCUT2D eigenvalue weighted by Crippen LogP contribution is 2.13. The molecule has 0 aromatic heterocycles. The molecule has 17 N–H and O–H groups in total. The molecule has 30 nitrogen and oxygen atoms in total. The van der Waals surface area contributed by atoms with E-state index in [4.69, 9.17) is 5.73 Å². The van der Waals surface area contributed by atoms with Crippen LogP contribution in [-0.2, 0) is 57.5 Å². The van der Waals surface area contributed by atoms with Gasteiger partial charge in [0.15, 0.2) is 6.10 Å². The molecule has 1 aliphatic heterocycles. The van der Waals surface area contributed by atoms with Crippen molar-refractivity contribution in [1.82, 2.24) is 52.7 Å². The van der Waals surface area contributed by atoms with Crippen molar-refractivity contribution in [1.29, 1.82) is 0 Å². The number of primary amides is 1. The van der Waals surface area contributed by atoms with E-state index in [9.17, 15) is 93.5 Å². The number of aliphatic hydroxyl groups excluding tert-OH is 4. The van der Waals surface area contributed by atoms with Crippen LogP contribution in [0.25, 0.3) is 0 Å². The molecule has 0 aromatic rings. The van der Waals surface area contributed by atoms with Gasteiger partial charge in [-0.1, -0.05) is 77.2 Å². The number of carboxylic acid groups (broad SMARTS) is 1. The van der Waals surface area contributed by atoms with E-state index >= 15 is 0 Å². The molecule has 0 unspecified atom stereocenters. The monoisotopic (exact) mass is 1120 g/mol. The van der Waals surface area contributed by atoms with Crippen LogP contribution in [0.15, 0.2) is 11.8 Å². The molecule has 0 radical (unpaired) electrons. The predicted octanol–water partition coefficient (Wildman–Crippen LogP) is -4.18. The van der Waals surface area contributed by atoms with Gasteiger partial charge in [-0.2, -0.15) is 0 Å². The summed E-state index contributed by atoms with van der Waals surface area (Å²) < 4.78 is 0. The molecular weight excluding hydrogens is 1030 g/mol. The van der Waals surface area contributed by atoms with Crippen molar-refractivity contribution in [3.63, 3.8) is 0 Å². The molecule has 30 heteroatoms. The first-order valence-electron chi connectivity index (χ1n) is 26.0. The van der Waals surface area contributed by atoms with Gasteiger partial charge in [-0.05, 0) is 45.4 Å². The maximum atomic E-state index is 13.7. The summed E-state index contributed by atoms with van der Waals surface area (Å²) in [5, 5.41) is 87.8. The number of carbonyl (C=O) groups excluding carboxylic acids is 11. The van der Waals surface area contributed by atoms with Gasteiger partial charge < -0.3 is 73.8 Å². The summed E-state index contributed by atoms with van der Waals surface area (Å²) >= 11 is 0. The number of hydroxylamine groups is 4. The Labute approximate surface area is 451 Å². The second-order valence-corrected chi connectivity index (χ2v) is 18.6. The summed E-state index contributed by atoms with van der Waals surface area (Å²) in [6.07, 6.45) is 7.94.